The number of hydrogen-bond donors (Lipinski definition) is 2. The van der Waals surface area contributed by atoms with Crippen LogP contribution in [-0.2, 0) is 0 Å². The average molecular weight is 510 g/mol. The number of phenols is 1. The van der Waals surface area contributed by atoms with E-state index in [0.29, 0.717) is 33.1 Å². The highest BCUT2D eigenvalue weighted by Gasteiger charge is 2.28. The van der Waals surface area contributed by atoms with Gasteiger partial charge in [0.1, 0.15) is 0 Å². The van der Waals surface area contributed by atoms with Gasteiger partial charge in [-0.15, -0.1) is 10.2 Å². The fraction of sp³-hybridized carbons (Fsp3) is 0.250. The van der Waals surface area contributed by atoms with E-state index in [4.69, 9.17) is 21.1 Å². The van der Waals surface area contributed by atoms with E-state index in [1.54, 1.807) is 6.07 Å². The maximum absolute atomic E-state index is 10.0. The third-order valence-corrected chi connectivity index (χ3v) is 6.27. The Hall–Kier alpha value is -2.23. The highest BCUT2D eigenvalue weighted by Crippen LogP contribution is 2.43. The van der Waals surface area contributed by atoms with E-state index in [2.05, 4.69) is 43.4 Å². The van der Waals surface area contributed by atoms with E-state index >= 15 is 0 Å². The Kier molecular flexibility index (Phi) is 6.21. The SMILES string of the molecule is CCCSc1nnc2c(n1)O[C@@H](c1cc(OC)c(O)cc1Cl)Nc1ccc(Br)cc1-2. The van der Waals surface area contributed by atoms with Crippen LogP contribution in [0.1, 0.15) is 25.1 Å². The molecule has 2 aromatic carbocycles. The molecule has 7 nitrogen and oxygen atoms in total. The minimum Gasteiger partial charge on any atom is -0.504 e. The first-order chi connectivity index (χ1) is 14.5. The van der Waals surface area contributed by atoms with Crippen LogP contribution in [0.5, 0.6) is 17.4 Å². The first kappa shape index (κ1) is 21.0. The second kappa shape index (κ2) is 8.87. The summed E-state index contributed by atoms with van der Waals surface area (Å²) in [7, 11) is 1.48. The van der Waals surface area contributed by atoms with Crippen molar-refractivity contribution in [2.24, 2.45) is 0 Å². The number of hydrogen-bond acceptors (Lipinski definition) is 8. The molecule has 0 fully saturated rings. The summed E-state index contributed by atoms with van der Waals surface area (Å²) in [6.45, 7) is 2.09. The molecule has 30 heavy (non-hydrogen) atoms. The Bertz CT molecular complexity index is 1100. The zero-order chi connectivity index (χ0) is 21.3. The number of phenolic OH excluding ortho intramolecular Hbond substituents is 1. The van der Waals surface area contributed by atoms with Crippen LogP contribution in [0.4, 0.5) is 5.69 Å². The first-order valence-electron chi connectivity index (χ1n) is 9.17. The fourth-order valence-corrected chi connectivity index (χ4v) is 4.24. The number of aromatic nitrogens is 3. The first-order valence-corrected chi connectivity index (χ1v) is 11.3. The molecule has 0 radical (unpaired) electrons. The van der Waals surface area contributed by atoms with Crippen LogP contribution in [0.15, 0.2) is 40.0 Å². The van der Waals surface area contributed by atoms with Crippen LogP contribution < -0.4 is 14.8 Å². The topological polar surface area (TPSA) is 89.4 Å². The molecule has 1 atom stereocenters. The molecule has 10 heteroatoms. The third-order valence-electron chi connectivity index (χ3n) is 4.40. The standard InChI is InChI=1S/C20H18BrClN4O3S/c1-3-6-30-20-24-19-17(25-26-20)12-7-10(21)4-5-14(12)23-18(29-19)11-8-16(28-2)15(27)9-13(11)22/h4-5,7-9,18,23,27H,3,6H2,1-2H3/t18-/m0/s1. The smallest absolute Gasteiger partial charge is 0.247 e. The zero-order valence-electron chi connectivity index (χ0n) is 16.1. The van der Waals surface area contributed by atoms with Crippen LogP contribution in [0.25, 0.3) is 11.3 Å². The Balaban J connectivity index is 1.84. The molecule has 0 amide bonds. The molecule has 0 aliphatic carbocycles. The summed E-state index contributed by atoms with van der Waals surface area (Å²) < 4.78 is 12.4. The predicted octanol–water partition coefficient (Wildman–Crippen LogP) is 5.67. The fourth-order valence-electron chi connectivity index (χ4n) is 2.99. The summed E-state index contributed by atoms with van der Waals surface area (Å²) in [6, 6.07) is 8.83. The van der Waals surface area contributed by atoms with Crippen molar-refractivity contribution < 1.29 is 14.6 Å². The number of ether oxygens (including phenoxy) is 2. The summed E-state index contributed by atoms with van der Waals surface area (Å²) in [5.41, 5.74) is 2.71. The van der Waals surface area contributed by atoms with Crippen molar-refractivity contribution in [3.8, 4) is 28.6 Å². The highest BCUT2D eigenvalue weighted by molar-refractivity contribution is 9.10. The van der Waals surface area contributed by atoms with Crippen LogP contribution in [-0.4, -0.2) is 33.2 Å². The van der Waals surface area contributed by atoms with Gasteiger partial charge in [0.15, 0.2) is 23.4 Å². The van der Waals surface area contributed by atoms with Crippen LogP contribution in [0, 0.1) is 0 Å². The van der Waals surface area contributed by atoms with Gasteiger partial charge in [-0.1, -0.05) is 46.2 Å². The molecule has 3 aromatic rings. The molecule has 4 rings (SSSR count). The predicted molar refractivity (Wildman–Crippen MR) is 121 cm³/mol. The zero-order valence-corrected chi connectivity index (χ0v) is 19.3. The van der Waals surface area contributed by atoms with E-state index in [9.17, 15) is 5.11 Å². The molecule has 1 aromatic heterocycles. The second-order valence-electron chi connectivity index (χ2n) is 6.47. The molecule has 0 saturated carbocycles. The van der Waals surface area contributed by atoms with Gasteiger partial charge in [-0.25, -0.2) is 0 Å². The summed E-state index contributed by atoms with van der Waals surface area (Å²) in [5.74, 6) is 1.47. The Labute approximate surface area is 191 Å². The molecule has 0 saturated heterocycles. The van der Waals surface area contributed by atoms with Gasteiger partial charge < -0.3 is 19.9 Å². The lowest BCUT2D eigenvalue weighted by Gasteiger charge is -2.21. The molecule has 0 unspecified atom stereocenters. The van der Waals surface area contributed by atoms with Gasteiger partial charge in [0.2, 0.25) is 11.0 Å². The summed E-state index contributed by atoms with van der Waals surface area (Å²) >= 11 is 11.5. The monoisotopic (exact) mass is 508 g/mol. The number of rotatable bonds is 5. The third kappa shape index (κ3) is 4.14. The molecule has 1 aliphatic heterocycles. The number of thioether (sulfide) groups is 1. The van der Waals surface area contributed by atoms with Crippen molar-refractivity contribution in [2.45, 2.75) is 24.7 Å². The summed E-state index contributed by atoms with van der Waals surface area (Å²) in [4.78, 5) is 4.59. The lowest BCUT2D eigenvalue weighted by atomic mass is 10.1. The van der Waals surface area contributed by atoms with Gasteiger partial charge in [-0.05, 0) is 30.7 Å². The van der Waals surface area contributed by atoms with E-state index in [1.165, 1.54) is 24.9 Å². The number of nitrogens with zero attached hydrogens (tertiary/aromatic N) is 3. The number of fused-ring (bicyclic) bond motifs is 3. The number of halogens is 2. The summed E-state index contributed by atoms with van der Waals surface area (Å²) in [5, 5.41) is 22.9. The van der Waals surface area contributed by atoms with E-state index in [1.807, 2.05) is 18.2 Å². The van der Waals surface area contributed by atoms with Crippen molar-refractivity contribution in [2.75, 3.05) is 18.2 Å². The maximum atomic E-state index is 10.0. The number of aromatic hydroxyl groups is 1. The Morgan fingerprint density at radius 3 is 2.90 bits per heavy atom. The van der Waals surface area contributed by atoms with Gasteiger partial charge in [-0.2, -0.15) is 4.98 Å². The minimum atomic E-state index is -0.686. The second-order valence-corrected chi connectivity index (χ2v) is 8.86. The van der Waals surface area contributed by atoms with Crippen molar-refractivity contribution in [3.63, 3.8) is 0 Å². The minimum absolute atomic E-state index is 0.0492. The normalized spacial score (nSPS) is 14.7. The molecule has 0 bridgehead atoms. The number of methoxy groups -OCH3 is 1. The van der Waals surface area contributed by atoms with Crippen LogP contribution in [0.3, 0.4) is 0 Å². The molecular formula is C20H18BrClN4O3S. The molecule has 2 N–H and O–H groups in total. The molecule has 1 aliphatic rings. The van der Waals surface area contributed by atoms with Crippen molar-refractivity contribution in [1.82, 2.24) is 15.2 Å². The lowest BCUT2D eigenvalue weighted by Crippen LogP contribution is -2.17. The maximum Gasteiger partial charge on any atom is 0.247 e. The molecule has 156 valence electrons. The lowest BCUT2D eigenvalue weighted by molar-refractivity contribution is 0.224. The van der Waals surface area contributed by atoms with E-state index in [0.717, 1.165) is 27.9 Å². The Morgan fingerprint density at radius 2 is 2.13 bits per heavy atom. The molecule has 0 spiro atoms. The van der Waals surface area contributed by atoms with Crippen molar-refractivity contribution in [3.05, 3.63) is 45.4 Å². The summed E-state index contributed by atoms with van der Waals surface area (Å²) in [6.07, 6.45) is 0.309. The van der Waals surface area contributed by atoms with Crippen molar-refractivity contribution in [1.29, 1.82) is 0 Å². The van der Waals surface area contributed by atoms with Gasteiger partial charge >= 0.3 is 0 Å². The van der Waals surface area contributed by atoms with Crippen LogP contribution in [0.2, 0.25) is 5.02 Å². The molecule has 2 heterocycles. The van der Waals surface area contributed by atoms with Gasteiger partial charge in [0, 0.05) is 33.1 Å². The van der Waals surface area contributed by atoms with Gasteiger partial charge in [0.25, 0.3) is 0 Å². The average Bonchev–Trinajstić information content (AvgIpc) is 2.88. The quantitative estimate of drug-likeness (QED) is 0.425. The van der Waals surface area contributed by atoms with Gasteiger partial charge in [-0.3, -0.25) is 0 Å². The van der Waals surface area contributed by atoms with Gasteiger partial charge in [0.05, 0.1) is 12.1 Å². The number of benzene rings is 2. The highest BCUT2D eigenvalue weighted by atomic mass is 79.9. The number of anilines is 1. The van der Waals surface area contributed by atoms with Crippen LogP contribution >= 0.6 is 39.3 Å². The van der Waals surface area contributed by atoms with E-state index in [-0.39, 0.29) is 5.75 Å². The van der Waals surface area contributed by atoms with Crippen molar-refractivity contribution >= 4 is 45.0 Å². The largest absolute Gasteiger partial charge is 0.504 e. The number of nitrogens with one attached hydrogen (secondary N) is 1. The Morgan fingerprint density at radius 1 is 1.30 bits per heavy atom. The van der Waals surface area contributed by atoms with E-state index < -0.39 is 6.23 Å². The molecular weight excluding hydrogens is 492 g/mol.